The number of fused-ring (bicyclic) bond motifs is 2. The van der Waals surface area contributed by atoms with E-state index in [0.29, 0.717) is 23.6 Å². The lowest BCUT2D eigenvalue weighted by molar-refractivity contribution is 0.619. The zero-order chi connectivity index (χ0) is 18.9. The van der Waals surface area contributed by atoms with Gasteiger partial charge in [0.15, 0.2) is 5.58 Å². The molecule has 0 aliphatic carbocycles. The SMILES string of the molecule is O=c1[nH]c2ccccc2cc1CNc1ccc2oc(-c3ccncc3)nc2c1. The average Bonchev–Trinajstić information content (AvgIpc) is 3.16. The molecular weight excluding hydrogens is 352 g/mol. The molecule has 6 nitrogen and oxygen atoms in total. The van der Waals surface area contributed by atoms with Crippen LogP contribution < -0.4 is 10.9 Å². The van der Waals surface area contributed by atoms with Gasteiger partial charge in [-0.25, -0.2) is 4.98 Å². The Morgan fingerprint density at radius 2 is 1.86 bits per heavy atom. The van der Waals surface area contributed by atoms with E-state index in [1.807, 2.05) is 60.7 Å². The summed E-state index contributed by atoms with van der Waals surface area (Å²) in [4.78, 5) is 23.8. The second-order valence-corrected chi connectivity index (χ2v) is 6.50. The topological polar surface area (TPSA) is 83.8 Å². The van der Waals surface area contributed by atoms with E-state index in [-0.39, 0.29) is 5.56 Å². The molecule has 0 aliphatic heterocycles. The molecule has 6 heteroatoms. The van der Waals surface area contributed by atoms with Crippen molar-refractivity contribution in [1.29, 1.82) is 0 Å². The number of nitrogens with one attached hydrogen (secondary N) is 2. The van der Waals surface area contributed by atoms with E-state index >= 15 is 0 Å². The van der Waals surface area contributed by atoms with Crippen molar-refractivity contribution < 1.29 is 4.42 Å². The number of aromatic amines is 1. The van der Waals surface area contributed by atoms with Crippen LogP contribution in [0.3, 0.4) is 0 Å². The monoisotopic (exact) mass is 368 g/mol. The number of aromatic nitrogens is 3. The lowest BCUT2D eigenvalue weighted by atomic mass is 10.1. The standard InChI is InChI=1S/C22H16N4O2/c27-21-16(11-15-3-1-2-4-18(15)25-21)13-24-17-5-6-20-19(12-17)26-22(28-20)14-7-9-23-10-8-14/h1-12,24H,13H2,(H,25,27). The number of anilines is 1. The smallest absolute Gasteiger partial charge is 0.253 e. The van der Waals surface area contributed by atoms with Crippen LogP contribution in [0.4, 0.5) is 5.69 Å². The van der Waals surface area contributed by atoms with Gasteiger partial charge in [-0.15, -0.1) is 0 Å². The predicted molar refractivity (Wildman–Crippen MR) is 109 cm³/mol. The fourth-order valence-electron chi connectivity index (χ4n) is 3.18. The summed E-state index contributed by atoms with van der Waals surface area (Å²) in [6.45, 7) is 0.417. The number of benzene rings is 2. The Hall–Kier alpha value is -3.93. The highest BCUT2D eigenvalue weighted by molar-refractivity contribution is 5.80. The summed E-state index contributed by atoms with van der Waals surface area (Å²) < 4.78 is 5.82. The molecule has 28 heavy (non-hydrogen) atoms. The maximum Gasteiger partial charge on any atom is 0.253 e. The molecular formula is C22H16N4O2. The van der Waals surface area contributed by atoms with Gasteiger partial charge in [0.1, 0.15) is 5.52 Å². The van der Waals surface area contributed by atoms with Crippen molar-refractivity contribution in [3.63, 3.8) is 0 Å². The Labute approximate surface area is 159 Å². The summed E-state index contributed by atoms with van der Waals surface area (Å²) in [7, 11) is 0. The Bertz CT molecular complexity index is 1340. The van der Waals surface area contributed by atoms with Gasteiger partial charge < -0.3 is 14.7 Å². The third-order valence-corrected chi connectivity index (χ3v) is 4.63. The minimum Gasteiger partial charge on any atom is -0.436 e. The first kappa shape index (κ1) is 16.3. The molecule has 136 valence electrons. The Morgan fingerprint density at radius 1 is 1.00 bits per heavy atom. The molecule has 0 radical (unpaired) electrons. The summed E-state index contributed by atoms with van der Waals surface area (Å²) in [5.41, 5.74) is 4.64. The average molecular weight is 368 g/mol. The maximum absolute atomic E-state index is 12.3. The van der Waals surface area contributed by atoms with Crippen LogP contribution in [0.25, 0.3) is 33.5 Å². The van der Waals surface area contributed by atoms with E-state index in [4.69, 9.17) is 4.42 Å². The van der Waals surface area contributed by atoms with Crippen LogP contribution in [0.1, 0.15) is 5.56 Å². The van der Waals surface area contributed by atoms with Gasteiger partial charge in [-0.2, -0.15) is 0 Å². The van der Waals surface area contributed by atoms with E-state index in [2.05, 4.69) is 20.3 Å². The fraction of sp³-hybridized carbons (Fsp3) is 0.0455. The van der Waals surface area contributed by atoms with Crippen molar-refractivity contribution in [2.45, 2.75) is 6.54 Å². The van der Waals surface area contributed by atoms with Gasteiger partial charge >= 0.3 is 0 Å². The number of hydrogen-bond acceptors (Lipinski definition) is 5. The summed E-state index contributed by atoms with van der Waals surface area (Å²) in [5.74, 6) is 0.556. The van der Waals surface area contributed by atoms with E-state index < -0.39 is 0 Å². The van der Waals surface area contributed by atoms with Crippen LogP contribution >= 0.6 is 0 Å². The summed E-state index contributed by atoms with van der Waals surface area (Å²) in [5, 5.41) is 4.30. The largest absolute Gasteiger partial charge is 0.436 e. The van der Waals surface area contributed by atoms with Crippen molar-refractivity contribution in [3.05, 3.63) is 89.0 Å². The Morgan fingerprint density at radius 3 is 2.75 bits per heavy atom. The normalized spacial score (nSPS) is 11.1. The second-order valence-electron chi connectivity index (χ2n) is 6.50. The molecule has 0 bridgehead atoms. The number of rotatable bonds is 4. The Balaban J connectivity index is 1.41. The minimum atomic E-state index is -0.0892. The molecule has 0 spiro atoms. The van der Waals surface area contributed by atoms with E-state index in [0.717, 1.165) is 27.7 Å². The van der Waals surface area contributed by atoms with Crippen LogP contribution in [0.2, 0.25) is 0 Å². The van der Waals surface area contributed by atoms with Crippen molar-refractivity contribution in [3.8, 4) is 11.5 Å². The molecule has 0 saturated heterocycles. The zero-order valence-corrected chi connectivity index (χ0v) is 14.8. The van der Waals surface area contributed by atoms with Crippen molar-refractivity contribution >= 4 is 27.7 Å². The number of nitrogens with zero attached hydrogens (tertiary/aromatic N) is 2. The number of H-pyrrole nitrogens is 1. The van der Waals surface area contributed by atoms with Crippen LogP contribution in [0, 0.1) is 0 Å². The van der Waals surface area contributed by atoms with Crippen molar-refractivity contribution in [2.75, 3.05) is 5.32 Å². The van der Waals surface area contributed by atoms with Crippen LogP contribution in [0.5, 0.6) is 0 Å². The highest BCUT2D eigenvalue weighted by Gasteiger charge is 2.09. The van der Waals surface area contributed by atoms with Crippen LogP contribution in [-0.2, 0) is 6.54 Å². The predicted octanol–water partition coefficient (Wildman–Crippen LogP) is 4.34. The van der Waals surface area contributed by atoms with E-state index in [9.17, 15) is 4.79 Å². The van der Waals surface area contributed by atoms with Gasteiger partial charge in [0, 0.05) is 41.3 Å². The van der Waals surface area contributed by atoms with Crippen molar-refractivity contribution in [2.24, 2.45) is 0 Å². The molecule has 3 aromatic heterocycles. The lowest BCUT2D eigenvalue weighted by Gasteiger charge is -2.07. The molecule has 0 atom stereocenters. The fourth-order valence-corrected chi connectivity index (χ4v) is 3.18. The molecule has 0 amide bonds. The number of oxazole rings is 1. The van der Waals surface area contributed by atoms with Crippen LogP contribution in [0.15, 0.2) is 82.3 Å². The van der Waals surface area contributed by atoms with Crippen molar-refractivity contribution in [1.82, 2.24) is 15.0 Å². The third-order valence-electron chi connectivity index (χ3n) is 4.63. The van der Waals surface area contributed by atoms with E-state index in [1.54, 1.807) is 12.4 Å². The molecule has 0 fully saturated rings. The third kappa shape index (κ3) is 3.01. The number of hydrogen-bond donors (Lipinski definition) is 2. The molecule has 2 aromatic carbocycles. The Kier molecular flexibility index (Phi) is 3.87. The molecule has 2 N–H and O–H groups in total. The van der Waals surface area contributed by atoms with Gasteiger partial charge in [0.05, 0.1) is 0 Å². The quantitative estimate of drug-likeness (QED) is 0.493. The highest BCUT2D eigenvalue weighted by atomic mass is 16.3. The lowest BCUT2D eigenvalue weighted by Crippen LogP contribution is -2.15. The van der Waals surface area contributed by atoms with E-state index in [1.165, 1.54) is 0 Å². The first-order valence-corrected chi connectivity index (χ1v) is 8.92. The van der Waals surface area contributed by atoms with Gasteiger partial charge in [-0.05, 0) is 47.9 Å². The molecule has 3 heterocycles. The molecule has 5 aromatic rings. The second kappa shape index (κ2) is 6.66. The highest BCUT2D eigenvalue weighted by Crippen LogP contribution is 2.26. The molecule has 5 rings (SSSR count). The van der Waals surface area contributed by atoms with Gasteiger partial charge in [-0.1, -0.05) is 18.2 Å². The first-order chi connectivity index (χ1) is 13.8. The van der Waals surface area contributed by atoms with Gasteiger partial charge in [-0.3, -0.25) is 9.78 Å². The molecule has 0 saturated carbocycles. The number of pyridine rings is 2. The summed E-state index contributed by atoms with van der Waals surface area (Å²) >= 11 is 0. The zero-order valence-electron chi connectivity index (χ0n) is 14.8. The van der Waals surface area contributed by atoms with Crippen LogP contribution in [-0.4, -0.2) is 15.0 Å². The van der Waals surface area contributed by atoms with Gasteiger partial charge in [0.25, 0.3) is 5.56 Å². The molecule has 0 unspecified atom stereocenters. The van der Waals surface area contributed by atoms with Gasteiger partial charge in [0.2, 0.25) is 5.89 Å². The molecule has 0 aliphatic rings. The maximum atomic E-state index is 12.3. The minimum absolute atomic E-state index is 0.0892. The summed E-state index contributed by atoms with van der Waals surface area (Å²) in [6, 6.07) is 19.1. The first-order valence-electron chi connectivity index (χ1n) is 8.92. The number of para-hydroxylation sites is 1. The summed E-state index contributed by atoms with van der Waals surface area (Å²) in [6.07, 6.45) is 3.41.